The second-order valence-electron chi connectivity index (χ2n) is 4.63. The Hall–Kier alpha value is 0.690. The molecule has 0 N–H and O–H groups in total. The standard InChI is InChI=1S/C9H15IO/c1-8(2)5-9(8)3-7(4-10)11-6-9/h7H,3-6H2,1-2H3. The van der Waals surface area contributed by atoms with E-state index in [9.17, 15) is 0 Å². The van der Waals surface area contributed by atoms with Gasteiger partial charge in [0.2, 0.25) is 0 Å². The number of halogens is 1. The first-order chi connectivity index (χ1) is 5.10. The van der Waals surface area contributed by atoms with Gasteiger partial charge in [-0.3, -0.25) is 0 Å². The van der Waals surface area contributed by atoms with Crippen molar-refractivity contribution in [3.63, 3.8) is 0 Å². The Bertz CT molecular complexity index is 178. The van der Waals surface area contributed by atoms with E-state index in [0.29, 0.717) is 16.9 Å². The molecule has 0 aromatic heterocycles. The van der Waals surface area contributed by atoms with Crippen LogP contribution in [0.3, 0.4) is 0 Å². The molecule has 2 rings (SSSR count). The smallest absolute Gasteiger partial charge is 0.0671 e. The van der Waals surface area contributed by atoms with Gasteiger partial charge < -0.3 is 4.74 Å². The highest BCUT2D eigenvalue weighted by Gasteiger charge is 2.64. The number of alkyl halides is 1. The van der Waals surface area contributed by atoms with Crippen molar-refractivity contribution in [1.29, 1.82) is 0 Å². The van der Waals surface area contributed by atoms with Crippen LogP contribution in [0.1, 0.15) is 26.7 Å². The average molecular weight is 266 g/mol. The quantitative estimate of drug-likeness (QED) is 0.523. The van der Waals surface area contributed by atoms with Crippen LogP contribution in [0.15, 0.2) is 0 Å². The molecule has 0 aromatic rings. The molecule has 0 bridgehead atoms. The average Bonchev–Trinajstić information content (AvgIpc) is 2.35. The lowest BCUT2D eigenvalue weighted by Crippen LogP contribution is -2.09. The SMILES string of the molecule is CC1(C)CC12COC(CI)C2. The molecule has 1 aliphatic carbocycles. The summed E-state index contributed by atoms with van der Waals surface area (Å²) < 4.78 is 6.87. The molecule has 1 saturated heterocycles. The summed E-state index contributed by atoms with van der Waals surface area (Å²) in [7, 11) is 0. The molecule has 0 amide bonds. The van der Waals surface area contributed by atoms with Gasteiger partial charge in [0.05, 0.1) is 12.7 Å². The van der Waals surface area contributed by atoms with E-state index in [1.54, 1.807) is 0 Å². The third kappa shape index (κ3) is 1.13. The van der Waals surface area contributed by atoms with Gasteiger partial charge in [-0.05, 0) is 18.3 Å². The van der Waals surface area contributed by atoms with E-state index >= 15 is 0 Å². The molecule has 1 heterocycles. The summed E-state index contributed by atoms with van der Waals surface area (Å²) in [5.74, 6) is 0. The highest BCUT2D eigenvalue weighted by molar-refractivity contribution is 14.1. The van der Waals surface area contributed by atoms with E-state index < -0.39 is 0 Å². The molecule has 1 nitrogen and oxygen atoms in total. The number of rotatable bonds is 1. The zero-order valence-corrected chi connectivity index (χ0v) is 9.35. The molecule has 2 unspecified atom stereocenters. The van der Waals surface area contributed by atoms with Gasteiger partial charge in [0, 0.05) is 9.84 Å². The molecule has 2 atom stereocenters. The topological polar surface area (TPSA) is 9.23 Å². The predicted molar refractivity (Wildman–Crippen MR) is 54.1 cm³/mol. The lowest BCUT2D eigenvalue weighted by atomic mass is 9.93. The van der Waals surface area contributed by atoms with Crippen molar-refractivity contribution in [2.24, 2.45) is 10.8 Å². The van der Waals surface area contributed by atoms with Crippen LogP contribution in [0, 0.1) is 10.8 Å². The molecule has 2 aliphatic rings. The zero-order valence-electron chi connectivity index (χ0n) is 7.19. The van der Waals surface area contributed by atoms with Crippen LogP contribution in [0.4, 0.5) is 0 Å². The van der Waals surface area contributed by atoms with Gasteiger partial charge in [-0.25, -0.2) is 0 Å². The van der Waals surface area contributed by atoms with Gasteiger partial charge in [0.25, 0.3) is 0 Å². The molecule has 1 saturated carbocycles. The molecule has 11 heavy (non-hydrogen) atoms. The molecule has 2 heteroatoms. The minimum absolute atomic E-state index is 0.553. The molecule has 0 aromatic carbocycles. The maximum Gasteiger partial charge on any atom is 0.0671 e. The molecular formula is C9H15IO. The van der Waals surface area contributed by atoms with Crippen LogP contribution >= 0.6 is 22.6 Å². The Kier molecular flexibility index (Phi) is 1.77. The lowest BCUT2D eigenvalue weighted by molar-refractivity contribution is 0.120. The summed E-state index contributed by atoms with van der Waals surface area (Å²) in [6, 6.07) is 0. The first-order valence-corrected chi connectivity index (χ1v) is 5.80. The summed E-state index contributed by atoms with van der Waals surface area (Å²) >= 11 is 2.42. The maximum atomic E-state index is 5.71. The summed E-state index contributed by atoms with van der Waals surface area (Å²) in [4.78, 5) is 0. The number of ether oxygens (including phenoxy) is 1. The monoisotopic (exact) mass is 266 g/mol. The Balaban J connectivity index is 2.01. The first-order valence-electron chi connectivity index (χ1n) is 4.27. The third-order valence-corrected chi connectivity index (χ3v) is 4.46. The van der Waals surface area contributed by atoms with Gasteiger partial charge in [-0.15, -0.1) is 0 Å². The summed E-state index contributed by atoms with van der Waals surface area (Å²) in [5.41, 5.74) is 1.16. The maximum absolute atomic E-state index is 5.71. The highest BCUT2D eigenvalue weighted by atomic mass is 127. The van der Waals surface area contributed by atoms with E-state index in [2.05, 4.69) is 36.4 Å². The molecule has 64 valence electrons. The van der Waals surface area contributed by atoms with Crippen molar-refractivity contribution in [2.75, 3.05) is 11.0 Å². The largest absolute Gasteiger partial charge is 0.377 e. The summed E-state index contributed by atoms with van der Waals surface area (Å²) in [6.45, 7) is 5.76. The fraction of sp³-hybridized carbons (Fsp3) is 1.00. The van der Waals surface area contributed by atoms with Crippen molar-refractivity contribution >= 4 is 22.6 Å². The molecule has 1 spiro atoms. The van der Waals surface area contributed by atoms with Gasteiger partial charge in [-0.1, -0.05) is 36.4 Å². The van der Waals surface area contributed by atoms with E-state index in [0.717, 1.165) is 11.0 Å². The van der Waals surface area contributed by atoms with E-state index in [1.807, 2.05) is 0 Å². The van der Waals surface area contributed by atoms with Crippen LogP contribution in [0.5, 0.6) is 0 Å². The second kappa shape index (κ2) is 2.34. The number of hydrogen-bond acceptors (Lipinski definition) is 1. The molecule has 0 radical (unpaired) electrons. The molecular weight excluding hydrogens is 251 g/mol. The second-order valence-corrected chi connectivity index (χ2v) is 5.51. The van der Waals surface area contributed by atoms with Crippen molar-refractivity contribution in [3.05, 3.63) is 0 Å². The fourth-order valence-corrected chi connectivity index (χ4v) is 2.89. The predicted octanol–water partition coefficient (Wildman–Crippen LogP) is 2.63. The first kappa shape index (κ1) is 8.30. The van der Waals surface area contributed by atoms with Crippen LogP contribution < -0.4 is 0 Å². The van der Waals surface area contributed by atoms with E-state index in [4.69, 9.17) is 4.74 Å². The van der Waals surface area contributed by atoms with Crippen LogP contribution in [-0.4, -0.2) is 17.1 Å². The summed E-state index contributed by atoms with van der Waals surface area (Å²) in [6.07, 6.45) is 3.24. The molecule has 1 aliphatic heterocycles. The van der Waals surface area contributed by atoms with Gasteiger partial charge >= 0.3 is 0 Å². The highest BCUT2D eigenvalue weighted by Crippen LogP contribution is 2.68. The van der Waals surface area contributed by atoms with Crippen LogP contribution in [0.2, 0.25) is 0 Å². The van der Waals surface area contributed by atoms with Crippen molar-refractivity contribution in [3.8, 4) is 0 Å². The molecule has 2 fully saturated rings. The van der Waals surface area contributed by atoms with E-state index in [1.165, 1.54) is 12.8 Å². The Labute approximate surface area is 82.0 Å². The zero-order chi connectivity index (χ0) is 8.11. The van der Waals surface area contributed by atoms with Crippen molar-refractivity contribution < 1.29 is 4.74 Å². The van der Waals surface area contributed by atoms with Gasteiger partial charge in [0.15, 0.2) is 0 Å². The Morgan fingerprint density at radius 2 is 2.18 bits per heavy atom. The minimum atomic E-state index is 0.553. The van der Waals surface area contributed by atoms with Crippen molar-refractivity contribution in [1.82, 2.24) is 0 Å². The van der Waals surface area contributed by atoms with Crippen LogP contribution in [0.25, 0.3) is 0 Å². The van der Waals surface area contributed by atoms with Crippen molar-refractivity contribution in [2.45, 2.75) is 32.8 Å². The third-order valence-electron chi connectivity index (χ3n) is 3.48. The normalized spacial score (nSPS) is 46.6. The van der Waals surface area contributed by atoms with Crippen LogP contribution in [-0.2, 0) is 4.74 Å². The lowest BCUT2D eigenvalue weighted by Gasteiger charge is -2.09. The fourth-order valence-electron chi connectivity index (χ4n) is 2.33. The Morgan fingerprint density at radius 3 is 2.45 bits per heavy atom. The number of hydrogen-bond donors (Lipinski definition) is 0. The van der Waals surface area contributed by atoms with E-state index in [-0.39, 0.29) is 0 Å². The minimum Gasteiger partial charge on any atom is -0.377 e. The van der Waals surface area contributed by atoms with Gasteiger partial charge in [-0.2, -0.15) is 0 Å². The van der Waals surface area contributed by atoms with Gasteiger partial charge in [0.1, 0.15) is 0 Å². The Morgan fingerprint density at radius 1 is 1.55 bits per heavy atom. The summed E-state index contributed by atoms with van der Waals surface area (Å²) in [5, 5.41) is 0.